The molecule has 14 heavy (non-hydrogen) atoms. The van der Waals surface area contributed by atoms with Crippen molar-refractivity contribution in [1.29, 1.82) is 0 Å². The first-order valence-corrected chi connectivity index (χ1v) is 4.90. The lowest BCUT2D eigenvalue weighted by atomic mass is 10.1. The molecule has 0 aromatic heterocycles. The Labute approximate surface area is 88.9 Å². The van der Waals surface area contributed by atoms with Crippen LogP contribution in [0.1, 0.15) is 20.7 Å². The normalized spacial score (nSPS) is 9.79. The van der Waals surface area contributed by atoms with Gasteiger partial charge in [-0.05, 0) is 18.2 Å². The van der Waals surface area contributed by atoms with Crippen LogP contribution in [-0.2, 0) is 0 Å². The first kappa shape index (κ1) is 10.7. The van der Waals surface area contributed by atoms with Crippen LogP contribution in [0.5, 0.6) is 0 Å². The van der Waals surface area contributed by atoms with Crippen molar-refractivity contribution in [2.75, 3.05) is 11.1 Å². The zero-order valence-electron chi connectivity index (χ0n) is 7.16. The van der Waals surface area contributed by atoms with Crippen LogP contribution in [0.3, 0.4) is 0 Å². The fourth-order valence-corrected chi connectivity index (χ4v) is 1.32. The lowest BCUT2D eigenvalue weighted by Gasteiger charge is -2.02. The zero-order valence-corrected chi connectivity index (χ0v) is 8.74. The highest BCUT2D eigenvalue weighted by Gasteiger charge is 2.11. The minimum absolute atomic E-state index is 0.0446. The minimum Gasteiger partial charge on any atom is -0.478 e. The van der Waals surface area contributed by atoms with Gasteiger partial charge in [0, 0.05) is 11.3 Å². The molecule has 0 spiro atoms. The number of hydrogen-bond donors (Lipinski definition) is 2. The molecule has 1 rings (SSSR count). The predicted molar refractivity (Wildman–Crippen MR) is 55.9 cm³/mol. The molecule has 0 heterocycles. The highest BCUT2D eigenvalue weighted by Crippen LogP contribution is 2.15. The van der Waals surface area contributed by atoms with Gasteiger partial charge in [-0.3, -0.25) is 4.79 Å². The van der Waals surface area contributed by atoms with Gasteiger partial charge < -0.3 is 10.8 Å². The summed E-state index contributed by atoms with van der Waals surface area (Å²) in [5, 5.41) is 8.90. The van der Waals surface area contributed by atoms with Crippen LogP contribution in [0, 0.1) is 0 Å². The maximum atomic E-state index is 11.2. The van der Waals surface area contributed by atoms with Crippen molar-refractivity contribution >= 4 is 33.4 Å². The van der Waals surface area contributed by atoms with Gasteiger partial charge in [0.1, 0.15) is 0 Å². The summed E-state index contributed by atoms with van der Waals surface area (Å²) in [6.07, 6.45) is 0. The average Bonchev–Trinajstić information content (AvgIpc) is 2.17. The summed E-state index contributed by atoms with van der Waals surface area (Å²) in [7, 11) is 0. The number of hydrogen-bond acceptors (Lipinski definition) is 3. The summed E-state index contributed by atoms with van der Waals surface area (Å²) in [6.45, 7) is 0. The predicted octanol–water partition coefficient (Wildman–Crippen LogP) is 1.54. The number of carbonyl (C=O) groups is 2. The summed E-state index contributed by atoms with van der Waals surface area (Å²) in [4.78, 5) is 21.9. The van der Waals surface area contributed by atoms with Crippen molar-refractivity contribution < 1.29 is 14.7 Å². The summed E-state index contributed by atoms with van der Waals surface area (Å²) in [6, 6.07) is 4.20. The van der Waals surface area contributed by atoms with E-state index in [2.05, 4.69) is 15.9 Å². The molecule has 0 bridgehead atoms. The van der Waals surface area contributed by atoms with E-state index in [1.807, 2.05) is 0 Å². The van der Waals surface area contributed by atoms with Crippen LogP contribution in [0.4, 0.5) is 5.69 Å². The molecule has 0 unspecified atom stereocenters. The van der Waals surface area contributed by atoms with Crippen LogP contribution in [0.2, 0.25) is 0 Å². The molecule has 3 N–H and O–H groups in total. The van der Waals surface area contributed by atoms with Gasteiger partial charge in [-0.25, -0.2) is 4.79 Å². The maximum Gasteiger partial charge on any atom is 0.337 e. The molecular formula is C9H8BrNO3. The number of Topliss-reactive ketones (excluding diaryl/α,β-unsaturated/α-hetero) is 1. The second kappa shape index (κ2) is 4.23. The second-order valence-electron chi connectivity index (χ2n) is 2.66. The second-order valence-corrected chi connectivity index (χ2v) is 3.22. The van der Waals surface area contributed by atoms with Crippen molar-refractivity contribution in [3.8, 4) is 0 Å². The largest absolute Gasteiger partial charge is 0.478 e. The highest BCUT2D eigenvalue weighted by atomic mass is 79.9. The van der Waals surface area contributed by atoms with E-state index in [4.69, 9.17) is 10.8 Å². The van der Waals surface area contributed by atoms with E-state index in [-0.39, 0.29) is 22.4 Å². The van der Waals surface area contributed by atoms with Crippen LogP contribution in [-0.4, -0.2) is 22.2 Å². The molecule has 0 aliphatic rings. The fourth-order valence-electron chi connectivity index (χ4n) is 0.992. The lowest BCUT2D eigenvalue weighted by molar-refractivity contribution is 0.0698. The number of nitrogen functional groups attached to an aromatic ring is 1. The molecule has 74 valence electrons. The number of carbonyl (C=O) groups excluding carboxylic acids is 1. The van der Waals surface area contributed by atoms with E-state index >= 15 is 0 Å². The fraction of sp³-hybridized carbons (Fsp3) is 0.111. The Balaban J connectivity index is 3.19. The topological polar surface area (TPSA) is 80.4 Å². The number of halogens is 1. The summed E-state index contributed by atoms with van der Waals surface area (Å²) >= 11 is 3.00. The SMILES string of the molecule is Nc1ccc(C(=O)CBr)cc1C(=O)O. The number of alkyl halides is 1. The number of aromatic carboxylic acids is 1. The third-order valence-corrected chi connectivity index (χ3v) is 2.24. The molecule has 4 nitrogen and oxygen atoms in total. The Kier molecular flexibility index (Phi) is 3.24. The summed E-state index contributed by atoms with van der Waals surface area (Å²) < 4.78 is 0. The number of carboxylic acids is 1. The number of benzene rings is 1. The van der Waals surface area contributed by atoms with Gasteiger partial charge >= 0.3 is 5.97 Å². The van der Waals surface area contributed by atoms with Crippen LogP contribution < -0.4 is 5.73 Å². The molecule has 0 radical (unpaired) electrons. The smallest absolute Gasteiger partial charge is 0.337 e. The standard InChI is InChI=1S/C9H8BrNO3/c10-4-8(12)5-1-2-7(11)6(3-5)9(13)14/h1-3H,4,11H2,(H,13,14). The van der Waals surface area contributed by atoms with E-state index < -0.39 is 5.97 Å². The molecule has 0 saturated heterocycles. The van der Waals surface area contributed by atoms with Crippen molar-refractivity contribution in [3.63, 3.8) is 0 Å². The first-order valence-electron chi connectivity index (χ1n) is 3.78. The van der Waals surface area contributed by atoms with E-state index in [1.165, 1.54) is 18.2 Å². The quantitative estimate of drug-likeness (QED) is 0.489. The monoisotopic (exact) mass is 257 g/mol. The molecule has 0 aliphatic heterocycles. The van der Waals surface area contributed by atoms with Gasteiger partial charge in [0.15, 0.2) is 5.78 Å². The third kappa shape index (κ3) is 2.11. The van der Waals surface area contributed by atoms with Crippen molar-refractivity contribution in [1.82, 2.24) is 0 Å². The Morgan fingerprint density at radius 2 is 2.07 bits per heavy atom. The molecule has 0 fully saturated rings. The lowest BCUT2D eigenvalue weighted by Crippen LogP contribution is -2.06. The maximum absolute atomic E-state index is 11.2. The Hall–Kier alpha value is -1.36. The van der Waals surface area contributed by atoms with Gasteiger partial charge in [0.25, 0.3) is 0 Å². The number of rotatable bonds is 3. The molecule has 1 aromatic carbocycles. The van der Waals surface area contributed by atoms with E-state index in [9.17, 15) is 9.59 Å². The molecule has 0 atom stereocenters. The van der Waals surface area contributed by atoms with Crippen molar-refractivity contribution in [3.05, 3.63) is 29.3 Å². The molecule has 0 saturated carbocycles. The van der Waals surface area contributed by atoms with Crippen LogP contribution in [0.25, 0.3) is 0 Å². The Morgan fingerprint density at radius 3 is 2.57 bits per heavy atom. The van der Waals surface area contributed by atoms with E-state index in [0.29, 0.717) is 5.56 Å². The number of anilines is 1. The molecule has 1 aromatic rings. The van der Waals surface area contributed by atoms with Crippen molar-refractivity contribution in [2.24, 2.45) is 0 Å². The van der Waals surface area contributed by atoms with E-state index in [0.717, 1.165) is 0 Å². The average molecular weight is 258 g/mol. The third-order valence-electron chi connectivity index (χ3n) is 1.73. The van der Waals surface area contributed by atoms with Gasteiger partial charge in [0.05, 0.1) is 10.9 Å². The Morgan fingerprint density at radius 1 is 1.43 bits per heavy atom. The number of carboxylic acid groups (broad SMARTS) is 1. The molecular weight excluding hydrogens is 250 g/mol. The minimum atomic E-state index is -1.13. The summed E-state index contributed by atoms with van der Waals surface area (Å²) in [5.74, 6) is -1.31. The molecule has 0 amide bonds. The van der Waals surface area contributed by atoms with Gasteiger partial charge in [0.2, 0.25) is 0 Å². The summed E-state index contributed by atoms with van der Waals surface area (Å²) in [5.41, 5.74) is 5.88. The van der Waals surface area contributed by atoms with E-state index in [1.54, 1.807) is 0 Å². The zero-order chi connectivity index (χ0) is 10.7. The van der Waals surface area contributed by atoms with Gasteiger partial charge in [-0.2, -0.15) is 0 Å². The molecule has 5 heteroatoms. The highest BCUT2D eigenvalue weighted by molar-refractivity contribution is 9.09. The van der Waals surface area contributed by atoms with Gasteiger partial charge in [-0.1, -0.05) is 15.9 Å². The van der Waals surface area contributed by atoms with Crippen LogP contribution >= 0.6 is 15.9 Å². The first-order chi connectivity index (χ1) is 6.56. The van der Waals surface area contributed by atoms with Crippen molar-refractivity contribution in [2.45, 2.75) is 0 Å². The number of ketones is 1. The Bertz CT molecular complexity index is 390. The van der Waals surface area contributed by atoms with Crippen LogP contribution in [0.15, 0.2) is 18.2 Å². The molecule has 0 aliphatic carbocycles. The number of nitrogens with two attached hydrogens (primary N) is 1. The van der Waals surface area contributed by atoms with Gasteiger partial charge in [-0.15, -0.1) is 0 Å².